The van der Waals surface area contributed by atoms with Crippen LogP contribution in [-0.2, 0) is 19.1 Å². The Morgan fingerprint density at radius 2 is 1.93 bits per heavy atom. The smallest absolute Gasteiger partial charge is 0.220 e. The van der Waals surface area contributed by atoms with Crippen LogP contribution in [0.15, 0.2) is 23.8 Å². The van der Waals surface area contributed by atoms with Gasteiger partial charge in [0.25, 0.3) is 0 Å². The molecular weight excluding hydrogens is 384 g/mol. The summed E-state index contributed by atoms with van der Waals surface area (Å²) < 4.78 is 10.3. The molecule has 4 rings (SSSR count). The summed E-state index contributed by atoms with van der Waals surface area (Å²) in [5.41, 5.74) is -1.64. The van der Waals surface area contributed by atoms with E-state index in [1.807, 2.05) is 13.0 Å². The number of ether oxygens (including phenoxy) is 2. The molecule has 8 atom stereocenters. The van der Waals surface area contributed by atoms with Crippen LogP contribution in [0.1, 0.15) is 46.5 Å². The van der Waals surface area contributed by atoms with Crippen molar-refractivity contribution in [3.63, 3.8) is 0 Å². The van der Waals surface area contributed by atoms with Gasteiger partial charge in [-0.1, -0.05) is 32.4 Å². The second-order valence-electron chi connectivity index (χ2n) is 10.3. The first-order valence-electron chi connectivity index (χ1n) is 11.0. The van der Waals surface area contributed by atoms with Gasteiger partial charge in [0.05, 0.1) is 6.10 Å². The average Bonchev–Trinajstić information content (AvgIpc) is 2.95. The first kappa shape index (κ1) is 21.9. The van der Waals surface area contributed by atoms with E-state index in [1.165, 1.54) is 14.2 Å². The highest BCUT2D eigenvalue weighted by Crippen LogP contribution is 2.67. The van der Waals surface area contributed by atoms with Gasteiger partial charge in [-0.3, -0.25) is 9.59 Å². The van der Waals surface area contributed by atoms with Crippen LogP contribution in [0.5, 0.6) is 0 Å². The third kappa shape index (κ3) is 2.70. The average molecular weight is 419 g/mol. The van der Waals surface area contributed by atoms with E-state index in [0.717, 1.165) is 18.4 Å². The van der Waals surface area contributed by atoms with Gasteiger partial charge in [0.2, 0.25) is 12.1 Å². The second kappa shape index (κ2) is 7.09. The Hall–Kier alpha value is -1.34. The number of Topliss-reactive ketones (excluding diaryl/α,β-unsaturated/α-hetero) is 1. The molecule has 30 heavy (non-hydrogen) atoms. The van der Waals surface area contributed by atoms with Gasteiger partial charge < -0.3 is 19.7 Å². The minimum Gasteiger partial charge on any atom is -0.393 e. The van der Waals surface area contributed by atoms with Gasteiger partial charge in [0.1, 0.15) is 5.60 Å². The second-order valence-corrected chi connectivity index (χ2v) is 10.3. The Balaban J connectivity index is 1.74. The minimum absolute atomic E-state index is 0.00826. The lowest BCUT2D eigenvalue weighted by Crippen LogP contribution is -2.63. The van der Waals surface area contributed by atoms with Crippen molar-refractivity contribution in [2.24, 2.45) is 34.5 Å². The van der Waals surface area contributed by atoms with E-state index < -0.39 is 29.2 Å². The fourth-order valence-corrected chi connectivity index (χ4v) is 7.66. The largest absolute Gasteiger partial charge is 0.393 e. The van der Waals surface area contributed by atoms with Crippen LogP contribution in [0.2, 0.25) is 0 Å². The molecule has 0 aliphatic heterocycles. The highest BCUT2D eigenvalue weighted by atomic mass is 16.7. The molecule has 6 heteroatoms. The number of fused-ring (bicyclic) bond motifs is 5. The van der Waals surface area contributed by atoms with Gasteiger partial charge in [-0.05, 0) is 55.6 Å². The van der Waals surface area contributed by atoms with Gasteiger partial charge in [0, 0.05) is 31.0 Å². The minimum atomic E-state index is -1.60. The Kier molecular flexibility index (Phi) is 5.17. The SMILES string of the molecule is COC(OC)C(=O)[C@@]1(O)CCC2C3C[C@H](C)C4=CC(=O)C=C[C@]4(C)C3[C@@H](O)C[C@@]21C. The van der Waals surface area contributed by atoms with Crippen molar-refractivity contribution in [3.05, 3.63) is 23.8 Å². The number of aliphatic hydroxyl groups excluding tert-OH is 1. The molecule has 0 amide bonds. The number of aliphatic hydroxyl groups is 2. The zero-order valence-corrected chi connectivity index (χ0v) is 18.6. The van der Waals surface area contributed by atoms with Crippen molar-refractivity contribution >= 4 is 11.6 Å². The summed E-state index contributed by atoms with van der Waals surface area (Å²) in [6.45, 7) is 6.21. The van der Waals surface area contributed by atoms with Gasteiger partial charge in [-0.15, -0.1) is 0 Å². The quantitative estimate of drug-likeness (QED) is 0.681. The zero-order valence-electron chi connectivity index (χ0n) is 18.6. The molecule has 4 aliphatic rings. The number of carbonyl (C=O) groups excluding carboxylic acids is 2. The summed E-state index contributed by atoms with van der Waals surface area (Å²) in [6.07, 6.45) is 5.77. The molecule has 3 unspecified atom stereocenters. The maximum Gasteiger partial charge on any atom is 0.220 e. The van der Waals surface area contributed by atoms with Crippen LogP contribution in [0.3, 0.4) is 0 Å². The van der Waals surface area contributed by atoms with Crippen molar-refractivity contribution in [2.75, 3.05) is 14.2 Å². The summed E-state index contributed by atoms with van der Waals surface area (Å²) in [5, 5.41) is 23.1. The number of ketones is 2. The first-order valence-corrected chi connectivity index (χ1v) is 11.0. The zero-order chi connectivity index (χ0) is 22.1. The van der Waals surface area contributed by atoms with Crippen LogP contribution < -0.4 is 0 Å². The number of hydrogen-bond acceptors (Lipinski definition) is 6. The lowest BCUT2D eigenvalue weighted by molar-refractivity contribution is -0.201. The first-order chi connectivity index (χ1) is 14.0. The predicted molar refractivity (Wildman–Crippen MR) is 110 cm³/mol. The fourth-order valence-electron chi connectivity index (χ4n) is 7.66. The molecule has 2 N–H and O–H groups in total. The van der Waals surface area contributed by atoms with Crippen molar-refractivity contribution < 1.29 is 29.3 Å². The number of hydrogen-bond donors (Lipinski definition) is 2. The van der Waals surface area contributed by atoms with E-state index >= 15 is 0 Å². The highest BCUT2D eigenvalue weighted by molar-refractivity contribution is 6.01. The van der Waals surface area contributed by atoms with Crippen molar-refractivity contribution in [2.45, 2.75) is 64.4 Å². The molecule has 0 spiro atoms. The van der Waals surface area contributed by atoms with E-state index in [9.17, 15) is 19.8 Å². The Morgan fingerprint density at radius 3 is 2.57 bits per heavy atom. The van der Waals surface area contributed by atoms with Gasteiger partial charge in [-0.25, -0.2) is 0 Å². The van der Waals surface area contributed by atoms with E-state index in [-0.39, 0.29) is 34.9 Å². The third-order valence-corrected chi connectivity index (χ3v) is 9.02. The fraction of sp³-hybridized carbons (Fsp3) is 0.750. The van der Waals surface area contributed by atoms with Crippen LogP contribution in [0.25, 0.3) is 0 Å². The lowest BCUT2D eigenvalue weighted by atomic mass is 9.44. The van der Waals surface area contributed by atoms with Gasteiger partial charge >= 0.3 is 0 Å². The third-order valence-electron chi connectivity index (χ3n) is 9.02. The molecule has 0 heterocycles. The molecule has 0 aromatic carbocycles. The molecule has 166 valence electrons. The molecule has 0 bridgehead atoms. The Morgan fingerprint density at radius 1 is 1.27 bits per heavy atom. The lowest BCUT2D eigenvalue weighted by Gasteiger charge is -2.60. The standard InChI is InChI=1S/C24H34O6/c1-13-10-15-16-7-9-24(28,20(27)21(29-4)30-5)23(16,3)12-18(26)19(15)22(2)8-6-14(25)11-17(13)22/h6,8,11,13,15-16,18-19,21,26,28H,7,9-10,12H2,1-5H3/t13-,15?,16?,18-,19?,22-,23-,24-/m0/s1. The van der Waals surface area contributed by atoms with Crippen molar-refractivity contribution in [1.82, 2.24) is 0 Å². The summed E-state index contributed by atoms with van der Waals surface area (Å²) in [7, 11) is 2.79. The molecule has 0 radical (unpaired) electrons. The van der Waals surface area contributed by atoms with E-state index in [1.54, 1.807) is 12.2 Å². The summed E-state index contributed by atoms with van der Waals surface area (Å²) in [4.78, 5) is 25.3. The molecule has 6 nitrogen and oxygen atoms in total. The van der Waals surface area contributed by atoms with Crippen molar-refractivity contribution in [1.29, 1.82) is 0 Å². The molecule has 4 aliphatic carbocycles. The Labute approximate surface area is 178 Å². The van der Waals surface area contributed by atoms with Crippen LogP contribution in [0.4, 0.5) is 0 Å². The molecule has 3 fully saturated rings. The topological polar surface area (TPSA) is 93.1 Å². The van der Waals surface area contributed by atoms with Gasteiger partial charge in [0.15, 0.2) is 5.78 Å². The Bertz CT molecular complexity index is 813. The molecule has 0 aromatic rings. The highest BCUT2D eigenvalue weighted by Gasteiger charge is 2.69. The number of allylic oxidation sites excluding steroid dienone is 4. The number of rotatable bonds is 4. The summed E-state index contributed by atoms with van der Waals surface area (Å²) in [5.74, 6) is -0.0358. The van der Waals surface area contributed by atoms with E-state index in [4.69, 9.17) is 9.47 Å². The van der Waals surface area contributed by atoms with Crippen LogP contribution >= 0.6 is 0 Å². The predicted octanol–water partition coefficient (Wildman–Crippen LogP) is 2.43. The van der Waals surface area contributed by atoms with Crippen LogP contribution in [-0.4, -0.2) is 54.0 Å². The summed E-state index contributed by atoms with van der Waals surface area (Å²) in [6, 6.07) is 0. The number of methoxy groups -OCH3 is 2. The molecule has 0 saturated heterocycles. The summed E-state index contributed by atoms with van der Waals surface area (Å²) >= 11 is 0. The number of carbonyl (C=O) groups is 2. The molecular formula is C24H34O6. The van der Waals surface area contributed by atoms with Gasteiger partial charge in [-0.2, -0.15) is 0 Å². The molecule has 3 saturated carbocycles. The normalized spacial score (nSPS) is 47.5. The maximum absolute atomic E-state index is 13.2. The van der Waals surface area contributed by atoms with Crippen molar-refractivity contribution in [3.8, 4) is 0 Å². The molecule has 0 aromatic heterocycles. The monoisotopic (exact) mass is 418 g/mol. The maximum atomic E-state index is 13.2. The van der Waals surface area contributed by atoms with E-state index in [2.05, 4.69) is 13.8 Å². The van der Waals surface area contributed by atoms with Crippen LogP contribution in [0, 0.1) is 34.5 Å². The van der Waals surface area contributed by atoms with E-state index in [0.29, 0.717) is 12.8 Å².